The maximum Gasteiger partial charge on any atom is 0.298 e. The molecule has 1 N–H and O–H groups in total. The fourth-order valence-electron chi connectivity index (χ4n) is 2.61. The Hall–Kier alpha value is -2.67. The Bertz CT molecular complexity index is 855. The summed E-state index contributed by atoms with van der Waals surface area (Å²) in [7, 11) is 0. The average molecular weight is 330 g/mol. The molecule has 3 heterocycles. The quantitative estimate of drug-likeness (QED) is 0.781. The second-order valence-corrected chi connectivity index (χ2v) is 5.67. The van der Waals surface area contributed by atoms with Crippen LogP contribution in [0.1, 0.15) is 22.7 Å². The third kappa shape index (κ3) is 2.49. The first kappa shape index (κ1) is 14.0. The first-order chi connectivity index (χ1) is 11.2. The van der Waals surface area contributed by atoms with Crippen LogP contribution in [-0.2, 0) is 6.42 Å². The van der Waals surface area contributed by atoms with Gasteiger partial charge in [-0.25, -0.2) is 0 Å². The Kier molecular flexibility index (Phi) is 3.34. The summed E-state index contributed by atoms with van der Waals surface area (Å²) in [6.07, 6.45) is 1.64. The van der Waals surface area contributed by atoms with Crippen LogP contribution in [0, 0.1) is 0 Å². The molecular weight excluding hydrogens is 318 g/mol. The van der Waals surface area contributed by atoms with Crippen LogP contribution in [0.3, 0.4) is 0 Å². The molecule has 3 aromatic rings. The van der Waals surface area contributed by atoms with E-state index in [1.165, 1.54) is 0 Å². The number of amides is 1. The number of carbonyl (C=O) groups is 1. The summed E-state index contributed by atoms with van der Waals surface area (Å²) >= 11 is 5.87. The molecule has 0 spiro atoms. The van der Waals surface area contributed by atoms with E-state index in [0.717, 1.165) is 24.1 Å². The van der Waals surface area contributed by atoms with Crippen molar-refractivity contribution in [1.82, 2.24) is 20.6 Å². The summed E-state index contributed by atoms with van der Waals surface area (Å²) < 4.78 is 5.22. The number of aryl methyl sites for hydroxylation is 1. The molecule has 1 aliphatic heterocycles. The van der Waals surface area contributed by atoms with Gasteiger partial charge in [-0.3, -0.25) is 9.69 Å². The minimum Gasteiger partial charge on any atom is -0.350 e. The van der Waals surface area contributed by atoms with Crippen LogP contribution >= 0.6 is 11.6 Å². The van der Waals surface area contributed by atoms with Gasteiger partial charge in [0.25, 0.3) is 5.91 Å². The number of nitrogens with zero attached hydrogens (tertiary/aromatic N) is 4. The molecular formula is C15H12ClN5O2. The van der Waals surface area contributed by atoms with Gasteiger partial charge in [-0.2, -0.15) is 10.3 Å². The standard InChI is InChI=1S/C15H12ClN5O2/c16-10-5-3-9(4-6-10)12-8-13(23-19-12)15(22)21-7-1-2-11-14(21)18-20-17-11/h3-6,8H,1-2,7H2,(H,17,18,20). The van der Waals surface area contributed by atoms with Crippen LogP contribution in [-0.4, -0.2) is 33.0 Å². The van der Waals surface area contributed by atoms with E-state index in [1.54, 1.807) is 23.1 Å². The minimum atomic E-state index is -0.271. The van der Waals surface area contributed by atoms with E-state index in [4.69, 9.17) is 16.1 Å². The molecule has 0 radical (unpaired) electrons. The molecule has 0 atom stereocenters. The first-order valence-electron chi connectivity index (χ1n) is 7.16. The van der Waals surface area contributed by atoms with Gasteiger partial charge >= 0.3 is 0 Å². The Morgan fingerprint density at radius 2 is 2.09 bits per heavy atom. The van der Waals surface area contributed by atoms with Crippen molar-refractivity contribution >= 4 is 23.3 Å². The molecule has 7 nitrogen and oxygen atoms in total. The van der Waals surface area contributed by atoms with E-state index >= 15 is 0 Å². The van der Waals surface area contributed by atoms with E-state index < -0.39 is 0 Å². The van der Waals surface area contributed by atoms with Crippen molar-refractivity contribution in [3.05, 3.63) is 46.8 Å². The van der Waals surface area contributed by atoms with Gasteiger partial charge < -0.3 is 4.52 Å². The highest BCUT2D eigenvalue weighted by atomic mass is 35.5. The number of halogens is 1. The smallest absolute Gasteiger partial charge is 0.298 e. The Morgan fingerprint density at radius 1 is 1.26 bits per heavy atom. The maximum absolute atomic E-state index is 12.6. The molecule has 0 saturated carbocycles. The summed E-state index contributed by atoms with van der Waals surface area (Å²) in [5, 5.41) is 15.3. The lowest BCUT2D eigenvalue weighted by molar-refractivity contribution is 0.0948. The van der Waals surface area contributed by atoms with Crippen molar-refractivity contribution < 1.29 is 9.32 Å². The molecule has 0 saturated heterocycles. The van der Waals surface area contributed by atoms with Crippen molar-refractivity contribution in [3.63, 3.8) is 0 Å². The predicted molar refractivity (Wildman–Crippen MR) is 83.3 cm³/mol. The highest BCUT2D eigenvalue weighted by molar-refractivity contribution is 6.30. The molecule has 1 amide bonds. The Balaban J connectivity index is 1.62. The van der Waals surface area contributed by atoms with Gasteiger partial charge in [0, 0.05) is 23.2 Å². The monoisotopic (exact) mass is 329 g/mol. The van der Waals surface area contributed by atoms with Crippen LogP contribution in [0.25, 0.3) is 11.3 Å². The third-order valence-corrected chi connectivity index (χ3v) is 4.01. The van der Waals surface area contributed by atoms with E-state index in [9.17, 15) is 4.79 Å². The largest absolute Gasteiger partial charge is 0.350 e. The molecule has 8 heteroatoms. The third-order valence-electron chi connectivity index (χ3n) is 3.76. The Labute approximate surface area is 136 Å². The van der Waals surface area contributed by atoms with Crippen molar-refractivity contribution in [1.29, 1.82) is 0 Å². The average Bonchev–Trinajstić information content (AvgIpc) is 3.23. The molecule has 0 aliphatic carbocycles. The first-order valence-corrected chi connectivity index (χ1v) is 7.54. The molecule has 116 valence electrons. The highest BCUT2D eigenvalue weighted by Crippen LogP contribution is 2.26. The van der Waals surface area contributed by atoms with Gasteiger partial charge in [-0.1, -0.05) is 28.9 Å². The summed E-state index contributed by atoms with van der Waals surface area (Å²) in [4.78, 5) is 14.2. The van der Waals surface area contributed by atoms with E-state index in [0.29, 0.717) is 23.1 Å². The number of aromatic amines is 1. The zero-order valence-corrected chi connectivity index (χ0v) is 12.7. The summed E-state index contributed by atoms with van der Waals surface area (Å²) in [6, 6.07) is 8.80. The normalized spacial score (nSPS) is 13.9. The zero-order valence-electron chi connectivity index (χ0n) is 12.0. The molecule has 0 fully saturated rings. The van der Waals surface area contributed by atoms with Crippen LogP contribution in [0.4, 0.5) is 5.82 Å². The van der Waals surface area contributed by atoms with Crippen LogP contribution in [0.15, 0.2) is 34.9 Å². The lowest BCUT2D eigenvalue weighted by atomic mass is 10.1. The molecule has 0 unspecified atom stereocenters. The maximum atomic E-state index is 12.6. The van der Waals surface area contributed by atoms with Crippen molar-refractivity contribution in [2.75, 3.05) is 11.4 Å². The minimum absolute atomic E-state index is 0.172. The molecule has 1 aromatic carbocycles. The number of nitrogens with one attached hydrogen (secondary N) is 1. The second kappa shape index (κ2) is 5.51. The van der Waals surface area contributed by atoms with Gasteiger partial charge in [0.15, 0.2) is 5.82 Å². The predicted octanol–water partition coefficient (Wildman–Crippen LogP) is 2.71. The number of aromatic nitrogens is 4. The number of anilines is 1. The number of rotatable bonds is 2. The van der Waals surface area contributed by atoms with Crippen LogP contribution in [0.5, 0.6) is 0 Å². The second-order valence-electron chi connectivity index (χ2n) is 5.24. The number of carbonyl (C=O) groups excluding carboxylic acids is 1. The molecule has 4 rings (SSSR count). The van der Waals surface area contributed by atoms with Gasteiger partial charge in [0.2, 0.25) is 5.76 Å². The summed E-state index contributed by atoms with van der Waals surface area (Å²) in [5.41, 5.74) is 2.21. The number of H-pyrrole nitrogens is 1. The highest BCUT2D eigenvalue weighted by Gasteiger charge is 2.29. The zero-order chi connectivity index (χ0) is 15.8. The van der Waals surface area contributed by atoms with Crippen molar-refractivity contribution in [3.8, 4) is 11.3 Å². The molecule has 2 aromatic heterocycles. The number of fused-ring (bicyclic) bond motifs is 1. The fourth-order valence-corrected chi connectivity index (χ4v) is 2.73. The fraction of sp³-hybridized carbons (Fsp3) is 0.200. The van der Waals surface area contributed by atoms with Gasteiger partial charge in [0.1, 0.15) is 11.4 Å². The SMILES string of the molecule is O=C(c1cc(-c2ccc(Cl)cc2)no1)N1CCCc2n[nH]nc21. The van der Waals surface area contributed by atoms with Gasteiger partial charge in [0.05, 0.1) is 0 Å². The van der Waals surface area contributed by atoms with Crippen LogP contribution in [0.2, 0.25) is 5.02 Å². The number of hydrogen-bond acceptors (Lipinski definition) is 5. The molecule has 0 bridgehead atoms. The van der Waals surface area contributed by atoms with Crippen molar-refractivity contribution in [2.24, 2.45) is 0 Å². The van der Waals surface area contributed by atoms with E-state index in [1.807, 2.05) is 12.1 Å². The van der Waals surface area contributed by atoms with Gasteiger partial charge in [-0.15, -0.1) is 5.10 Å². The van der Waals surface area contributed by atoms with Crippen molar-refractivity contribution in [2.45, 2.75) is 12.8 Å². The van der Waals surface area contributed by atoms with E-state index in [-0.39, 0.29) is 11.7 Å². The topological polar surface area (TPSA) is 87.9 Å². The van der Waals surface area contributed by atoms with Crippen LogP contribution < -0.4 is 4.90 Å². The number of hydrogen-bond donors (Lipinski definition) is 1. The number of benzene rings is 1. The van der Waals surface area contributed by atoms with E-state index in [2.05, 4.69) is 20.6 Å². The summed E-state index contributed by atoms with van der Waals surface area (Å²) in [6.45, 7) is 0.579. The molecule has 23 heavy (non-hydrogen) atoms. The Morgan fingerprint density at radius 3 is 2.91 bits per heavy atom. The molecule has 1 aliphatic rings. The lowest BCUT2D eigenvalue weighted by Gasteiger charge is -2.23. The lowest BCUT2D eigenvalue weighted by Crippen LogP contribution is -2.35. The summed E-state index contributed by atoms with van der Waals surface area (Å²) in [5.74, 6) is 0.462. The van der Waals surface area contributed by atoms with Gasteiger partial charge in [-0.05, 0) is 25.0 Å².